The number of halogens is 3. The number of rotatable bonds is 0. The van der Waals surface area contributed by atoms with Gasteiger partial charge in [0.1, 0.15) is 5.54 Å². The fourth-order valence-electron chi connectivity index (χ4n) is 2.16. The predicted octanol–water partition coefficient (Wildman–Crippen LogP) is 1.83. The molecule has 0 spiro atoms. The molecule has 0 aromatic heterocycles. The maximum atomic E-state index is 12.4. The van der Waals surface area contributed by atoms with Crippen molar-refractivity contribution in [3.8, 4) is 0 Å². The summed E-state index contributed by atoms with van der Waals surface area (Å²) < 4.78 is 37.1. The first-order valence-corrected chi connectivity index (χ1v) is 3.88. The van der Waals surface area contributed by atoms with Crippen LogP contribution in [0.15, 0.2) is 0 Å². The zero-order valence-electron chi connectivity index (χ0n) is 6.04. The summed E-state index contributed by atoms with van der Waals surface area (Å²) in [5.74, 6) is 0. The van der Waals surface area contributed by atoms with Gasteiger partial charge in [0.2, 0.25) is 0 Å². The molecule has 2 aliphatic rings. The Kier molecular flexibility index (Phi) is 1.29. The summed E-state index contributed by atoms with van der Waals surface area (Å²) in [6, 6.07) is 0.136. The molecule has 0 radical (unpaired) electrons. The van der Waals surface area contributed by atoms with Crippen LogP contribution in [0.1, 0.15) is 25.7 Å². The van der Waals surface area contributed by atoms with Crippen LogP contribution in [0.4, 0.5) is 13.2 Å². The van der Waals surface area contributed by atoms with Gasteiger partial charge in [-0.3, -0.25) is 0 Å². The van der Waals surface area contributed by atoms with Gasteiger partial charge in [-0.1, -0.05) is 0 Å². The van der Waals surface area contributed by atoms with Crippen molar-refractivity contribution >= 4 is 0 Å². The molecule has 1 nitrogen and oxygen atoms in total. The molecule has 0 unspecified atom stereocenters. The first-order chi connectivity index (χ1) is 5.04. The van der Waals surface area contributed by atoms with Crippen molar-refractivity contribution in [1.29, 1.82) is 0 Å². The average Bonchev–Trinajstić information content (AvgIpc) is 2.42. The van der Waals surface area contributed by atoms with Gasteiger partial charge in [-0.15, -0.1) is 0 Å². The molecule has 2 bridgehead atoms. The summed E-state index contributed by atoms with van der Waals surface area (Å²) in [6.45, 7) is 0. The number of hydrogen-bond donors (Lipinski definition) is 1. The second kappa shape index (κ2) is 1.91. The number of fused-ring (bicyclic) bond motifs is 2. The molecule has 2 aliphatic heterocycles. The summed E-state index contributed by atoms with van der Waals surface area (Å²) in [6.07, 6.45) is -2.10. The van der Waals surface area contributed by atoms with Crippen LogP contribution in [0.2, 0.25) is 0 Å². The molecule has 1 N–H and O–H groups in total. The van der Waals surface area contributed by atoms with Gasteiger partial charge < -0.3 is 5.32 Å². The second-order valence-electron chi connectivity index (χ2n) is 3.50. The molecule has 64 valence electrons. The van der Waals surface area contributed by atoms with E-state index in [4.69, 9.17) is 0 Å². The molecule has 0 aliphatic carbocycles. The lowest BCUT2D eigenvalue weighted by Crippen LogP contribution is -2.50. The van der Waals surface area contributed by atoms with Crippen molar-refractivity contribution in [3.63, 3.8) is 0 Å². The third-order valence-electron chi connectivity index (χ3n) is 2.86. The van der Waals surface area contributed by atoms with Crippen LogP contribution in [0.3, 0.4) is 0 Å². The van der Waals surface area contributed by atoms with Crippen LogP contribution in [-0.2, 0) is 0 Å². The summed E-state index contributed by atoms with van der Waals surface area (Å²) in [4.78, 5) is 0. The van der Waals surface area contributed by atoms with Crippen molar-refractivity contribution in [1.82, 2.24) is 5.32 Å². The first-order valence-electron chi connectivity index (χ1n) is 3.88. The summed E-state index contributed by atoms with van der Waals surface area (Å²) in [5.41, 5.74) is -1.50. The lowest BCUT2D eigenvalue weighted by Gasteiger charge is -2.28. The Hall–Kier alpha value is -0.250. The standard InChI is InChI=1S/C7H10F3N/c8-7(9,10)6-3-1-5(11-6)2-4-6/h5,11H,1-4H2. The van der Waals surface area contributed by atoms with Crippen LogP contribution in [0.5, 0.6) is 0 Å². The molecular weight excluding hydrogens is 155 g/mol. The molecule has 11 heavy (non-hydrogen) atoms. The van der Waals surface area contributed by atoms with E-state index in [1.807, 2.05) is 0 Å². The van der Waals surface area contributed by atoms with Crippen LogP contribution in [0.25, 0.3) is 0 Å². The Morgan fingerprint density at radius 3 is 1.91 bits per heavy atom. The van der Waals surface area contributed by atoms with Crippen LogP contribution >= 0.6 is 0 Å². The average molecular weight is 165 g/mol. The van der Waals surface area contributed by atoms with Gasteiger partial charge >= 0.3 is 6.18 Å². The fourth-order valence-corrected chi connectivity index (χ4v) is 2.16. The van der Waals surface area contributed by atoms with Crippen LogP contribution < -0.4 is 5.32 Å². The third kappa shape index (κ3) is 0.883. The van der Waals surface area contributed by atoms with E-state index < -0.39 is 11.7 Å². The largest absolute Gasteiger partial charge is 0.406 e. The van der Waals surface area contributed by atoms with E-state index in [1.165, 1.54) is 0 Å². The summed E-state index contributed by atoms with van der Waals surface area (Å²) in [7, 11) is 0. The highest BCUT2D eigenvalue weighted by molar-refractivity contribution is 5.08. The molecule has 2 saturated heterocycles. The van der Waals surface area contributed by atoms with E-state index in [-0.39, 0.29) is 18.9 Å². The molecule has 0 atom stereocenters. The summed E-state index contributed by atoms with van der Waals surface area (Å²) >= 11 is 0. The smallest absolute Gasteiger partial charge is 0.301 e. The molecule has 2 rings (SSSR count). The van der Waals surface area contributed by atoms with E-state index >= 15 is 0 Å². The number of alkyl halides is 3. The number of hydrogen-bond acceptors (Lipinski definition) is 1. The highest BCUT2D eigenvalue weighted by Crippen LogP contribution is 2.47. The fraction of sp³-hybridized carbons (Fsp3) is 1.00. The number of nitrogens with one attached hydrogen (secondary N) is 1. The Labute approximate surface area is 63.0 Å². The molecule has 0 aromatic rings. The monoisotopic (exact) mass is 165 g/mol. The van der Waals surface area contributed by atoms with Crippen molar-refractivity contribution in [2.24, 2.45) is 0 Å². The molecule has 2 heterocycles. The zero-order chi connectivity index (χ0) is 8.11. The third-order valence-corrected chi connectivity index (χ3v) is 2.86. The van der Waals surface area contributed by atoms with E-state index in [2.05, 4.69) is 5.32 Å². The highest BCUT2D eigenvalue weighted by atomic mass is 19.4. The minimum absolute atomic E-state index is 0.136. The zero-order valence-corrected chi connectivity index (χ0v) is 6.04. The van der Waals surface area contributed by atoms with Gasteiger partial charge in [-0.2, -0.15) is 13.2 Å². The lowest BCUT2D eigenvalue weighted by atomic mass is 9.87. The normalized spacial score (nSPS) is 43.4. The van der Waals surface area contributed by atoms with Gasteiger partial charge in [0, 0.05) is 6.04 Å². The maximum Gasteiger partial charge on any atom is 0.406 e. The Bertz CT molecular complexity index is 167. The molecule has 0 aromatic carbocycles. The molecule has 0 saturated carbocycles. The van der Waals surface area contributed by atoms with Crippen molar-refractivity contribution in [3.05, 3.63) is 0 Å². The van der Waals surface area contributed by atoms with Crippen LogP contribution in [0, 0.1) is 0 Å². The molecule has 4 heteroatoms. The van der Waals surface area contributed by atoms with Crippen molar-refractivity contribution in [2.75, 3.05) is 0 Å². The SMILES string of the molecule is FC(F)(F)C12CCC(CC1)N2. The molecule has 2 fully saturated rings. The highest BCUT2D eigenvalue weighted by Gasteiger charge is 2.60. The minimum atomic E-state index is -4.04. The van der Waals surface area contributed by atoms with Gasteiger partial charge in [-0.25, -0.2) is 0 Å². The molecule has 0 amide bonds. The van der Waals surface area contributed by atoms with Gasteiger partial charge in [-0.05, 0) is 25.7 Å². The minimum Gasteiger partial charge on any atom is -0.301 e. The van der Waals surface area contributed by atoms with E-state index in [9.17, 15) is 13.2 Å². The van der Waals surface area contributed by atoms with E-state index in [0.717, 1.165) is 0 Å². The Morgan fingerprint density at radius 1 is 1.18 bits per heavy atom. The maximum absolute atomic E-state index is 12.4. The Morgan fingerprint density at radius 2 is 1.73 bits per heavy atom. The molecular formula is C7H10F3N. The van der Waals surface area contributed by atoms with Crippen molar-refractivity contribution in [2.45, 2.75) is 43.4 Å². The van der Waals surface area contributed by atoms with Gasteiger partial charge in [0.25, 0.3) is 0 Å². The second-order valence-corrected chi connectivity index (χ2v) is 3.50. The quantitative estimate of drug-likeness (QED) is 0.577. The predicted molar refractivity (Wildman–Crippen MR) is 34.2 cm³/mol. The van der Waals surface area contributed by atoms with Crippen LogP contribution in [-0.4, -0.2) is 17.8 Å². The van der Waals surface area contributed by atoms with Gasteiger partial charge in [0.05, 0.1) is 0 Å². The van der Waals surface area contributed by atoms with E-state index in [1.54, 1.807) is 0 Å². The summed E-state index contributed by atoms with van der Waals surface area (Å²) in [5, 5.41) is 2.66. The topological polar surface area (TPSA) is 12.0 Å². The van der Waals surface area contributed by atoms with Crippen molar-refractivity contribution < 1.29 is 13.2 Å². The van der Waals surface area contributed by atoms with E-state index in [0.29, 0.717) is 12.8 Å². The lowest BCUT2D eigenvalue weighted by molar-refractivity contribution is -0.190. The Balaban J connectivity index is 2.23. The first kappa shape index (κ1) is 7.40. The van der Waals surface area contributed by atoms with Gasteiger partial charge in [0.15, 0.2) is 0 Å².